The smallest absolute Gasteiger partial charge is 0.191 e. The Morgan fingerprint density at radius 1 is 1.25 bits per heavy atom. The lowest BCUT2D eigenvalue weighted by Crippen LogP contribution is -2.39. The SMILES string of the molecule is CCNC(=NCc1cccc(Cl)c1)NCCC1CCN(CC)CC1. The monoisotopic (exact) mass is 350 g/mol. The zero-order valence-electron chi connectivity index (χ0n) is 15.0. The van der Waals surface area contributed by atoms with E-state index >= 15 is 0 Å². The van der Waals surface area contributed by atoms with Crippen molar-refractivity contribution in [1.29, 1.82) is 0 Å². The molecule has 1 heterocycles. The first kappa shape index (κ1) is 19.1. The molecule has 1 saturated heterocycles. The van der Waals surface area contributed by atoms with Crippen LogP contribution < -0.4 is 10.6 Å². The maximum Gasteiger partial charge on any atom is 0.191 e. The molecule has 0 spiro atoms. The fraction of sp³-hybridized carbons (Fsp3) is 0.632. The lowest BCUT2D eigenvalue weighted by molar-refractivity contribution is 0.187. The number of hydrogen-bond acceptors (Lipinski definition) is 2. The predicted octanol–water partition coefficient (Wildman–Crippen LogP) is 3.52. The van der Waals surface area contributed by atoms with Crippen LogP contribution in [-0.2, 0) is 6.54 Å². The molecule has 0 saturated carbocycles. The maximum absolute atomic E-state index is 6.03. The number of piperidine rings is 1. The third-order valence-corrected chi connectivity index (χ3v) is 4.89. The summed E-state index contributed by atoms with van der Waals surface area (Å²) in [4.78, 5) is 7.20. The summed E-state index contributed by atoms with van der Waals surface area (Å²) in [7, 11) is 0. The molecule has 2 rings (SSSR count). The van der Waals surface area contributed by atoms with Gasteiger partial charge in [-0.15, -0.1) is 0 Å². The molecule has 1 fully saturated rings. The zero-order valence-corrected chi connectivity index (χ0v) is 15.8. The number of nitrogens with zero attached hydrogens (tertiary/aromatic N) is 2. The fourth-order valence-electron chi connectivity index (χ4n) is 3.13. The molecule has 1 aromatic carbocycles. The van der Waals surface area contributed by atoms with Gasteiger partial charge in [0.25, 0.3) is 0 Å². The van der Waals surface area contributed by atoms with Crippen molar-refractivity contribution in [3.63, 3.8) is 0 Å². The molecule has 1 aliphatic rings. The van der Waals surface area contributed by atoms with Crippen LogP contribution in [-0.4, -0.2) is 43.6 Å². The minimum absolute atomic E-state index is 0.644. The lowest BCUT2D eigenvalue weighted by Gasteiger charge is -2.31. The molecule has 0 aromatic heterocycles. The van der Waals surface area contributed by atoms with E-state index in [2.05, 4.69) is 40.4 Å². The van der Waals surface area contributed by atoms with Crippen LogP contribution in [0.15, 0.2) is 29.3 Å². The molecule has 0 radical (unpaired) electrons. The van der Waals surface area contributed by atoms with Crippen molar-refractivity contribution in [2.75, 3.05) is 32.7 Å². The van der Waals surface area contributed by atoms with Gasteiger partial charge in [-0.3, -0.25) is 0 Å². The highest BCUT2D eigenvalue weighted by atomic mass is 35.5. The molecule has 24 heavy (non-hydrogen) atoms. The van der Waals surface area contributed by atoms with Gasteiger partial charge in [-0.25, -0.2) is 4.99 Å². The second-order valence-corrected chi connectivity index (χ2v) is 6.85. The van der Waals surface area contributed by atoms with Crippen molar-refractivity contribution in [1.82, 2.24) is 15.5 Å². The average molecular weight is 351 g/mol. The summed E-state index contributed by atoms with van der Waals surface area (Å²) in [5, 5.41) is 7.55. The predicted molar refractivity (Wildman–Crippen MR) is 104 cm³/mol. The van der Waals surface area contributed by atoms with Crippen molar-refractivity contribution < 1.29 is 0 Å². The van der Waals surface area contributed by atoms with Gasteiger partial charge in [0.15, 0.2) is 5.96 Å². The van der Waals surface area contributed by atoms with Crippen LogP contribution in [0.25, 0.3) is 0 Å². The van der Waals surface area contributed by atoms with E-state index in [0.29, 0.717) is 6.54 Å². The molecule has 1 aromatic rings. The zero-order chi connectivity index (χ0) is 17.2. The van der Waals surface area contributed by atoms with E-state index in [-0.39, 0.29) is 0 Å². The molecule has 0 amide bonds. The number of benzene rings is 1. The summed E-state index contributed by atoms with van der Waals surface area (Å²) in [6, 6.07) is 7.88. The van der Waals surface area contributed by atoms with Crippen molar-refractivity contribution in [3.8, 4) is 0 Å². The fourth-order valence-corrected chi connectivity index (χ4v) is 3.35. The van der Waals surface area contributed by atoms with E-state index in [1.807, 2.05) is 18.2 Å². The molecule has 0 atom stereocenters. The number of guanidine groups is 1. The first-order valence-corrected chi connectivity index (χ1v) is 9.58. The van der Waals surface area contributed by atoms with E-state index in [1.54, 1.807) is 0 Å². The van der Waals surface area contributed by atoms with E-state index in [9.17, 15) is 0 Å². The van der Waals surface area contributed by atoms with Gasteiger partial charge in [-0.1, -0.05) is 30.7 Å². The van der Waals surface area contributed by atoms with Gasteiger partial charge in [0.1, 0.15) is 0 Å². The summed E-state index contributed by atoms with van der Waals surface area (Å²) in [6.07, 6.45) is 3.87. The quantitative estimate of drug-likeness (QED) is 0.584. The van der Waals surface area contributed by atoms with Crippen molar-refractivity contribution in [3.05, 3.63) is 34.9 Å². The molecule has 5 heteroatoms. The molecule has 1 aliphatic heterocycles. The van der Waals surface area contributed by atoms with Gasteiger partial charge in [0.2, 0.25) is 0 Å². The van der Waals surface area contributed by atoms with Gasteiger partial charge in [-0.2, -0.15) is 0 Å². The molecular weight excluding hydrogens is 320 g/mol. The highest BCUT2D eigenvalue weighted by molar-refractivity contribution is 6.30. The highest BCUT2D eigenvalue weighted by Crippen LogP contribution is 2.19. The first-order valence-electron chi connectivity index (χ1n) is 9.20. The molecular formula is C19H31ClN4. The van der Waals surface area contributed by atoms with Crippen LogP contribution in [0, 0.1) is 5.92 Å². The van der Waals surface area contributed by atoms with Crippen LogP contribution in [0.4, 0.5) is 0 Å². The molecule has 2 N–H and O–H groups in total. The number of hydrogen-bond donors (Lipinski definition) is 2. The van der Waals surface area contributed by atoms with E-state index < -0.39 is 0 Å². The number of halogens is 1. The summed E-state index contributed by atoms with van der Waals surface area (Å²) in [6.45, 7) is 10.5. The van der Waals surface area contributed by atoms with E-state index in [1.165, 1.54) is 38.9 Å². The largest absolute Gasteiger partial charge is 0.357 e. The van der Waals surface area contributed by atoms with Gasteiger partial charge < -0.3 is 15.5 Å². The number of rotatable bonds is 7. The van der Waals surface area contributed by atoms with Gasteiger partial charge in [0.05, 0.1) is 6.54 Å². The van der Waals surface area contributed by atoms with E-state index in [4.69, 9.17) is 11.6 Å². The summed E-state index contributed by atoms with van der Waals surface area (Å²) in [5.41, 5.74) is 1.13. The molecule has 4 nitrogen and oxygen atoms in total. The van der Waals surface area contributed by atoms with Gasteiger partial charge in [-0.05, 0) is 69.4 Å². The minimum atomic E-state index is 0.644. The Hall–Kier alpha value is -1.26. The summed E-state index contributed by atoms with van der Waals surface area (Å²) >= 11 is 6.03. The van der Waals surface area contributed by atoms with Crippen molar-refractivity contribution in [2.45, 2.75) is 39.7 Å². The molecule has 0 unspecified atom stereocenters. The molecule has 0 aliphatic carbocycles. The number of likely N-dealkylation sites (tertiary alicyclic amines) is 1. The van der Waals surface area contributed by atoms with E-state index in [0.717, 1.165) is 35.6 Å². The Balaban J connectivity index is 1.75. The Kier molecular flexibility index (Phi) is 8.40. The Morgan fingerprint density at radius 3 is 2.71 bits per heavy atom. The van der Waals surface area contributed by atoms with Gasteiger partial charge >= 0.3 is 0 Å². The maximum atomic E-state index is 6.03. The standard InChI is InChI=1S/C19H31ClN4/c1-3-21-19(23-15-17-6-5-7-18(20)14-17)22-11-8-16-9-12-24(4-2)13-10-16/h5-7,14,16H,3-4,8-13,15H2,1-2H3,(H2,21,22,23). The lowest BCUT2D eigenvalue weighted by atomic mass is 9.93. The normalized spacial score (nSPS) is 17.0. The second-order valence-electron chi connectivity index (χ2n) is 6.42. The Morgan fingerprint density at radius 2 is 2.04 bits per heavy atom. The minimum Gasteiger partial charge on any atom is -0.357 e. The van der Waals surface area contributed by atoms with Gasteiger partial charge in [0, 0.05) is 18.1 Å². The number of aliphatic imine (C=N–C) groups is 1. The van der Waals surface area contributed by atoms with Crippen molar-refractivity contribution >= 4 is 17.6 Å². The van der Waals surface area contributed by atoms with Crippen LogP contribution in [0.2, 0.25) is 5.02 Å². The Bertz CT molecular complexity index is 510. The first-order chi connectivity index (χ1) is 11.7. The second kappa shape index (κ2) is 10.6. The van der Waals surface area contributed by atoms with Crippen LogP contribution in [0.5, 0.6) is 0 Å². The topological polar surface area (TPSA) is 39.7 Å². The third-order valence-electron chi connectivity index (χ3n) is 4.65. The molecule has 0 bridgehead atoms. The highest BCUT2D eigenvalue weighted by Gasteiger charge is 2.17. The summed E-state index contributed by atoms with van der Waals surface area (Å²) < 4.78 is 0. The Labute approximate surface area is 151 Å². The number of nitrogens with one attached hydrogen (secondary N) is 2. The van der Waals surface area contributed by atoms with Crippen LogP contribution >= 0.6 is 11.6 Å². The average Bonchev–Trinajstić information content (AvgIpc) is 2.60. The van der Waals surface area contributed by atoms with Crippen LogP contribution in [0.1, 0.15) is 38.7 Å². The summed E-state index contributed by atoms with van der Waals surface area (Å²) in [5.74, 6) is 1.74. The van der Waals surface area contributed by atoms with Crippen LogP contribution in [0.3, 0.4) is 0 Å². The third kappa shape index (κ3) is 6.70. The van der Waals surface area contributed by atoms with Crippen molar-refractivity contribution in [2.24, 2.45) is 10.9 Å². The molecule has 134 valence electrons.